The molecule has 7 nitrogen and oxygen atoms in total. The highest BCUT2D eigenvalue weighted by Gasteiger charge is 2.53. The summed E-state index contributed by atoms with van der Waals surface area (Å²) in [5.41, 5.74) is 1.60. The molecule has 0 aliphatic carbocycles. The Morgan fingerprint density at radius 2 is 1.91 bits per heavy atom. The van der Waals surface area contributed by atoms with Gasteiger partial charge in [-0.2, -0.15) is 0 Å². The Kier molecular flexibility index (Phi) is 5.81. The Hall–Kier alpha value is -4.04. The van der Waals surface area contributed by atoms with Gasteiger partial charge in [0.15, 0.2) is 10.9 Å². The average Bonchev–Trinajstić information content (AvgIpc) is 3.59. The monoisotopic (exact) mass is 472 g/mol. The number of furan rings is 1. The van der Waals surface area contributed by atoms with Crippen LogP contribution in [0.1, 0.15) is 33.5 Å². The van der Waals surface area contributed by atoms with Gasteiger partial charge in [-0.1, -0.05) is 42.5 Å². The summed E-state index contributed by atoms with van der Waals surface area (Å²) in [6, 6.07) is 19.1. The third-order valence-electron chi connectivity index (χ3n) is 5.64. The fraction of sp³-hybridized carbons (Fsp3) is 0.154. The molecular formula is C26H20N2O5S. The van der Waals surface area contributed by atoms with E-state index in [-0.39, 0.29) is 5.76 Å². The minimum absolute atomic E-state index is 0.0473. The first kappa shape index (κ1) is 21.8. The van der Waals surface area contributed by atoms with Crippen molar-refractivity contribution in [3.05, 3.63) is 101 Å². The van der Waals surface area contributed by atoms with Gasteiger partial charge in [-0.25, -0.2) is 4.98 Å². The molecule has 1 fully saturated rings. The van der Waals surface area contributed by atoms with Crippen LogP contribution in [0.2, 0.25) is 0 Å². The number of benzene rings is 2. The van der Waals surface area contributed by atoms with Crippen molar-refractivity contribution in [3.8, 4) is 5.75 Å². The molecule has 0 saturated carbocycles. The molecule has 2 aromatic carbocycles. The van der Waals surface area contributed by atoms with Gasteiger partial charge in [0.2, 0.25) is 11.6 Å². The van der Waals surface area contributed by atoms with Crippen LogP contribution in [0.4, 0.5) is 5.13 Å². The number of hydrogen-bond donors (Lipinski definition) is 0. The molecule has 0 N–H and O–H groups in total. The maximum Gasteiger partial charge on any atom is 0.297 e. The number of thiazole rings is 1. The van der Waals surface area contributed by atoms with E-state index in [1.165, 1.54) is 22.3 Å². The zero-order valence-corrected chi connectivity index (χ0v) is 19.0. The summed E-state index contributed by atoms with van der Waals surface area (Å²) >= 11 is 1.23. The third-order valence-corrected chi connectivity index (χ3v) is 6.42. The molecule has 2 aromatic heterocycles. The molecule has 1 aliphatic rings. The molecule has 3 heterocycles. The van der Waals surface area contributed by atoms with Crippen LogP contribution in [-0.4, -0.2) is 22.5 Å². The van der Waals surface area contributed by atoms with Crippen molar-refractivity contribution < 1.29 is 23.5 Å². The van der Waals surface area contributed by atoms with Gasteiger partial charge in [0.1, 0.15) is 24.0 Å². The number of rotatable bonds is 7. The molecule has 0 bridgehead atoms. The van der Waals surface area contributed by atoms with Crippen molar-refractivity contribution in [2.24, 2.45) is 5.92 Å². The lowest BCUT2D eigenvalue weighted by molar-refractivity contribution is -0.135. The Balaban J connectivity index is 1.53. The van der Waals surface area contributed by atoms with Crippen LogP contribution in [-0.2, 0) is 16.2 Å². The van der Waals surface area contributed by atoms with Gasteiger partial charge in [0, 0.05) is 11.6 Å². The second-order valence-corrected chi connectivity index (χ2v) is 8.77. The Bertz CT molecular complexity index is 1350. The summed E-state index contributed by atoms with van der Waals surface area (Å²) in [7, 11) is 0. The predicted octanol–water partition coefficient (Wildman–Crippen LogP) is 4.78. The summed E-state index contributed by atoms with van der Waals surface area (Å²) in [5, 5.41) is 2.07. The molecule has 34 heavy (non-hydrogen) atoms. The average molecular weight is 473 g/mol. The minimum atomic E-state index is -1.26. The second kappa shape index (κ2) is 9.07. The molecule has 0 radical (unpaired) electrons. The summed E-state index contributed by atoms with van der Waals surface area (Å²) in [6.07, 6.45) is 1.55. The van der Waals surface area contributed by atoms with Crippen LogP contribution < -0.4 is 9.64 Å². The maximum atomic E-state index is 13.4. The van der Waals surface area contributed by atoms with E-state index >= 15 is 0 Å². The van der Waals surface area contributed by atoms with Crippen LogP contribution in [0.5, 0.6) is 5.75 Å². The number of carbonyl (C=O) groups is 3. The largest absolute Gasteiger partial charge is 0.489 e. The zero-order valence-electron chi connectivity index (χ0n) is 18.2. The van der Waals surface area contributed by atoms with Crippen molar-refractivity contribution in [1.82, 2.24) is 4.98 Å². The molecule has 1 saturated heterocycles. The summed E-state index contributed by atoms with van der Waals surface area (Å²) in [6.45, 7) is 2.07. The van der Waals surface area contributed by atoms with E-state index in [4.69, 9.17) is 9.15 Å². The molecular weight excluding hydrogens is 452 g/mol. The first-order valence-corrected chi connectivity index (χ1v) is 11.5. The maximum absolute atomic E-state index is 13.4. The van der Waals surface area contributed by atoms with Crippen LogP contribution in [0, 0.1) is 12.8 Å². The van der Waals surface area contributed by atoms with Gasteiger partial charge in [-0.05, 0) is 42.3 Å². The van der Waals surface area contributed by atoms with Gasteiger partial charge < -0.3 is 9.15 Å². The highest BCUT2D eigenvalue weighted by atomic mass is 32.1. The van der Waals surface area contributed by atoms with E-state index < -0.39 is 29.4 Å². The highest BCUT2D eigenvalue weighted by molar-refractivity contribution is 7.14. The SMILES string of the molecule is Cc1ccc(C(=O)C2C(=O)C(=O)N(c3nccs3)C2c2cccc(OCc3ccccc3)c2)o1. The molecule has 5 rings (SSSR count). The lowest BCUT2D eigenvalue weighted by atomic mass is 9.88. The van der Waals surface area contributed by atoms with E-state index in [1.54, 1.807) is 48.8 Å². The Labute approximate surface area is 199 Å². The van der Waals surface area contributed by atoms with Crippen molar-refractivity contribution in [2.75, 3.05) is 4.90 Å². The first-order chi connectivity index (χ1) is 16.5. The summed E-state index contributed by atoms with van der Waals surface area (Å²) in [5.74, 6) is -2.19. The van der Waals surface area contributed by atoms with Gasteiger partial charge in [0.05, 0.1) is 6.04 Å². The molecule has 1 amide bonds. The van der Waals surface area contributed by atoms with Crippen molar-refractivity contribution in [2.45, 2.75) is 19.6 Å². The molecule has 4 aromatic rings. The standard InChI is InChI=1S/C26H20N2O5S/c1-16-10-11-20(33-16)23(29)21-22(28(25(31)24(21)30)26-27-12-13-34-26)18-8-5-9-19(14-18)32-15-17-6-3-2-4-7-17/h2-14,21-22H,15H2,1H3. The highest BCUT2D eigenvalue weighted by Crippen LogP contribution is 2.42. The molecule has 1 aliphatic heterocycles. The number of aryl methyl sites for hydroxylation is 1. The minimum Gasteiger partial charge on any atom is -0.489 e. The number of hydrogen-bond acceptors (Lipinski definition) is 7. The zero-order chi connectivity index (χ0) is 23.7. The van der Waals surface area contributed by atoms with E-state index in [0.717, 1.165) is 5.56 Å². The normalized spacial score (nSPS) is 17.9. The van der Waals surface area contributed by atoms with Gasteiger partial charge in [0.25, 0.3) is 5.91 Å². The second-order valence-electron chi connectivity index (χ2n) is 7.90. The number of aromatic nitrogens is 1. The van der Waals surface area contributed by atoms with Crippen LogP contribution in [0.15, 0.2) is 82.7 Å². The number of ether oxygens (including phenoxy) is 1. The number of carbonyl (C=O) groups excluding carboxylic acids is 3. The van der Waals surface area contributed by atoms with Crippen LogP contribution in [0.25, 0.3) is 0 Å². The molecule has 170 valence electrons. The topological polar surface area (TPSA) is 89.7 Å². The fourth-order valence-electron chi connectivity index (χ4n) is 4.06. The van der Waals surface area contributed by atoms with Gasteiger partial charge in [-0.3, -0.25) is 19.3 Å². The fourth-order valence-corrected chi connectivity index (χ4v) is 4.74. The number of ketones is 2. The van der Waals surface area contributed by atoms with E-state index in [9.17, 15) is 14.4 Å². The number of Topliss-reactive ketones (excluding diaryl/α,β-unsaturated/α-hetero) is 2. The smallest absolute Gasteiger partial charge is 0.297 e. The molecule has 0 spiro atoms. The van der Waals surface area contributed by atoms with Crippen molar-refractivity contribution in [3.63, 3.8) is 0 Å². The van der Waals surface area contributed by atoms with E-state index in [1.807, 2.05) is 30.3 Å². The molecule has 8 heteroatoms. The van der Waals surface area contributed by atoms with Crippen molar-refractivity contribution >= 4 is 33.9 Å². The lowest BCUT2D eigenvalue weighted by Gasteiger charge is -2.25. The number of amides is 1. The number of anilines is 1. The van der Waals surface area contributed by atoms with Crippen molar-refractivity contribution in [1.29, 1.82) is 0 Å². The van der Waals surface area contributed by atoms with Gasteiger partial charge >= 0.3 is 0 Å². The summed E-state index contributed by atoms with van der Waals surface area (Å²) < 4.78 is 11.4. The molecule has 2 atom stereocenters. The predicted molar refractivity (Wildman–Crippen MR) is 126 cm³/mol. The van der Waals surface area contributed by atoms with E-state index in [0.29, 0.717) is 28.8 Å². The molecule has 2 unspecified atom stereocenters. The lowest BCUT2D eigenvalue weighted by Crippen LogP contribution is -2.30. The summed E-state index contributed by atoms with van der Waals surface area (Å²) in [4.78, 5) is 45.1. The van der Waals surface area contributed by atoms with Crippen LogP contribution >= 0.6 is 11.3 Å². The Morgan fingerprint density at radius 1 is 1.09 bits per heavy atom. The van der Waals surface area contributed by atoms with Gasteiger partial charge in [-0.15, -0.1) is 11.3 Å². The quantitative estimate of drug-likeness (QED) is 0.218. The number of nitrogens with zero attached hydrogens (tertiary/aromatic N) is 2. The first-order valence-electron chi connectivity index (χ1n) is 10.7. The Morgan fingerprint density at radius 3 is 2.62 bits per heavy atom. The third kappa shape index (κ3) is 4.04. The van der Waals surface area contributed by atoms with E-state index in [2.05, 4.69) is 4.98 Å². The van der Waals surface area contributed by atoms with Crippen LogP contribution in [0.3, 0.4) is 0 Å².